The molecule has 0 unspecified atom stereocenters. The second kappa shape index (κ2) is 8.89. The van der Waals surface area contributed by atoms with Gasteiger partial charge in [0.1, 0.15) is 5.75 Å². The van der Waals surface area contributed by atoms with Crippen molar-refractivity contribution in [2.45, 2.75) is 6.42 Å². The monoisotopic (exact) mass is 316 g/mol. The number of hydrogen-bond donors (Lipinski definition) is 2. The zero-order valence-corrected chi connectivity index (χ0v) is 13.9. The van der Waals surface area contributed by atoms with Crippen molar-refractivity contribution in [3.8, 4) is 5.75 Å². The zero-order valence-electron chi connectivity index (χ0n) is 13.9. The smallest absolute Gasteiger partial charge is 0.244 e. The van der Waals surface area contributed by atoms with E-state index in [0.29, 0.717) is 12.5 Å². The number of methoxy groups -OCH3 is 1. The Balaban J connectivity index is 1.83. The molecule has 1 aromatic carbocycles. The van der Waals surface area contributed by atoms with Crippen LogP contribution in [0.25, 0.3) is 0 Å². The number of nitrogens with one attached hydrogen (secondary N) is 2. The first-order valence-electron chi connectivity index (χ1n) is 7.63. The molecule has 0 amide bonds. The molecule has 0 bridgehead atoms. The van der Waals surface area contributed by atoms with E-state index in [1.807, 2.05) is 32.3 Å². The van der Waals surface area contributed by atoms with Crippen LogP contribution in [0.4, 0.5) is 11.8 Å². The van der Waals surface area contributed by atoms with Gasteiger partial charge in [-0.05, 0) is 32.1 Å². The molecule has 0 aliphatic carbocycles. The Hall–Kier alpha value is -2.41. The van der Waals surface area contributed by atoms with Gasteiger partial charge in [0.05, 0.1) is 13.3 Å². The number of rotatable bonds is 9. The molecule has 2 N–H and O–H groups in total. The van der Waals surface area contributed by atoms with Crippen molar-refractivity contribution in [3.05, 3.63) is 36.0 Å². The van der Waals surface area contributed by atoms with E-state index in [9.17, 15) is 0 Å². The average Bonchev–Trinajstić information content (AvgIpc) is 2.55. The summed E-state index contributed by atoms with van der Waals surface area (Å²) in [4.78, 5) is 6.50. The van der Waals surface area contributed by atoms with Gasteiger partial charge in [-0.2, -0.15) is 10.1 Å². The van der Waals surface area contributed by atoms with Gasteiger partial charge >= 0.3 is 0 Å². The van der Waals surface area contributed by atoms with E-state index in [1.165, 1.54) is 0 Å². The predicted octanol–water partition coefficient (Wildman–Crippen LogP) is 1.51. The normalized spacial score (nSPS) is 10.6. The minimum Gasteiger partial charge on any atom is -0.496 e. The lowest BCUT2D eigenvalue weighted by atomic mass is 10.1. The van der Waals surface area contributed by atoms with E-state index >= 15 is 0 Å². The number of ether oxygens (including phenoxy) is 1. The Morgan fingerprint density at radius 3 is 2.74 bits per heavy atom. The predicted molar refractivity (Wildman–Crippen MR) is 92.1 cm³/mol. The number of para-hydroxylation sites is 1. The highest BCUT2D eigenvalue weighted by Gasteiger charge is 2.03. The summed E-state index contributed by atoms with van der Waals surface area (Å²) in [5.74, 6) is 2.14. The Morgan fingerprint density at radius 1 is 1.13 bits per heavy atom. The maximum atomic E-state index is 5.35. The maximum Gasteiger partial charge on any atom is 0.244 e. The number of nitrogens with zero attached hydrogens (tertiary/aromatic N) is 4. The number of aromatic nitrogens is 3. The number of anilines is 2. The lowest BCUT2D eigenvalue weighted by Crippen LogP contribution is -2.21. The fourth-order valence-corrected chi connectivity index (χ4v) is 2.09. The molecule has 2 rings (SSSR count). The van der Waals surface area contributed by atoms with Gasteiger partial charge in [-0.1, -0.05) is 18.2 Å². The summed E-state index contributed by atoms with van der Waals surface area (Å²) in [5.41, 5.74) is 1.15. The molecule has 0 atom stereocenters. The summed E-state index contributed by atoms with van der Waals surface area (Å²) in [6, 6.07) is 7.98. The second-order valence-corrected chi connectivity index (χ2v) is 5.38. The average molecular weight is 316 g/mol. The summed E-state index contributed by atoms with van der Waals surface area (Å²) in [6.07, 6.45) is 2.45. The van der Waals surface area contributed by atoms with Crippen LogP contribution in [-0.4, -0.2) is 60.9 Å². The van der Waals surface area contributed by atoms with E-state index in [2.05, 4.69) is 36.8 Å². The Morgan fingerprint density at radius 2 is 1.96 bits per heavy atom. The summed E-state index contributed by atoms with van der Waals surface area (Å²) >= 11 is 0. The molecule has 0 aliphatic rings. The Bertz CT molecular complexity index is 605. The van der Waals surface area contributed by atoms with Crippen LogP contribution in [0.15, 0.2) is 30.5 Å². The molecule has 124 valence electrons. The lowest BCUT2D eigenvalue weighted by Gasteiger charge is -2.11. The van der Waals surface area contributed by atoms with Crippen molar-refractivity contribution < 1.29 is 4.74 Å². The fraction of sp³-hybridized carbons (Fsp3) is 0.438. The molecule has 7 heteroatoms. The lowest BCUT2D eigenvalue weighted by molar-refractivity contribution is 0.410. The van der Waals surface area contributed by atoms with Crippen LogP contribution >= 0.6 is 0 Å². The minimum atomic E-state index is 0.523. The fourth-order valence-electron chi connectivity index (χ4n) is 2.09. The standard InChI is InChI=1S/C16H24N6O/c1-22(2)11-10-17-15-12-19-21-16(20-15)18-9-8-13-6-4-5-7-14(13)23-3/h4-7,12H,8-11H2,1-3H3,(H2,17,18,20,21). The van der Waals surface area contributed by atoms with Gasteiger partial charge in [-0.25, -0.2) is 0 Å². The number of benzene rings is 1. The molecule has 1 heterocycles. The van der Waals surface area contributed by atoms with Crippen LogP contribution in [0.2, 0.25) is 0 Å². The molecule has 1 aromatic heterocycles. The van der Waals surface area contributed by atoms with Crippen molar-refractivity contribution in [3.63, 3.8) is 0 Å². The van der Waals surface area contributed by atoms with Crippen molar-refractivity contribution in [2.75, 3.05) is 51.5 Å². The molecular formula is C16H24N6O. The summed E-state index contributed by atoms with van der Waals surface area (Å²) in [7, 11) is 5.75. The zero-order chi connectivity index (χ0) is 16.5. The third-order valence-corrected chi connectivity index (χ3v) is 3.29. The molecule has 0 aliphatic heterocycles. The summed E-state index contributed by atoms with van der Waals surface area (Å²) in [5, 5.41) is 14.4. The van der Waals surface area contributed by atoms with Crippen LogP contribution < -0.4 is 15.4 Å². The molecular weight excluding hydrogens is 292 g/mol. The van der Waals surface area contributed by atoms with Gasteiger partial charge in [-0.15, -0.1) is 5.10 Å². The van der Waals surface area contributed by atoms with Crippen LogP contribution in [-0.2, 0) is 6.42 Å². The van der Waals surface area contributed by atoms with Gasteiger partial charge in [0.2, 0.25) is 5.95 Å². The van der Waals surface area contributed by atoms with E-state index < -0.39 is 0 Å². The minimum absolute atomic E-state index is 0.523. The van der Waals surface area contributed by atoms with Gasteiger partial charge < -0.3 is 20.3 Å². The summed E-state index contributed by atoms with van der Waals surface area (Å²) < 4.78 is 5.35. The molecule has 0 saturated carbocycles. The van der Waals surface area contributed by atoms with Gasteiger partial charge in [-0.3, -0.25) is 0 Å². The van der Waals surface area contributed by atoms with E-state index in [1.54, 1.807) is 13.3 Å². The van der Waals surface area contributed by atoms with Crippen molar-refractivity contribution in [1.82, 2.24) is 20.1 Å². The van der Waals surface area contributed by atoms with Gasteiger partial charge in [0.25, 0.3) is 0 Å². The molecule has 7 nitrogen and oxygen atoms in total. The van der Waals surface area contributed by atoms with E-state index in [4.69, 9.17) is 4.74 Å². The third-order valence-electron chi connectivity index (χ3n) is 3.29. The van der Waals surface area contributed by atoms with Crippen molar-refractivity contribution in [1.29, 1.82) is 0 Å². The summed E-state index contributed by atoms with van der Waals surface area (Å²) in [6.45, 7) is 2.45. The quantitative estimate of drug-likeness (QED) is 0.726. The van der Waals surface area contributed by atoms with Crippen LogP contribution in [0.5, 0.6) is 5.75 Å². The Kier molecular flexibility index (Phi) is 6.56. The molecule has 0 saturated heterocycles. The molecule has 0 fully saturated rings. The highest BCUT2D eigenvalue weighted by molar-refractivity contribution is 5.38. The van der Waals surface area contributed by atoms with E-state index in [-0.39, 0.29) is 0 Å². The third kappa shape index (κ3) is 5.71. The van der Waals surface area contributed by atoms with E-state index in [0.717, 1.165) is 36.6 Å². The Labute approximate surface area is 137 Å². The van der Waals surface area contributed by atoms with Crippen molar-refractivity contribution in [2.24, 2.45) is 0 Å². The first-order valence-corrected chi connectivity index (χ1v) is 7.63. The molecule has 2 aromatic rings. The van der Waals surface area contributed by atoms with Gasteiger partial charge in [0, 0.05) is 19.6 Å². The highest BCUT2D eigenvalue weighted by atomic mass is 16.5. The maximum absolute atomic E-state index is 5.35. The largest absolute Gasteiger partial charge is 0.496 e. The highest BCUT2D eigenvalue weighted by Crippen LogP contribution is 2.17. The second-order valence-electron chi connectivity index (χ2n) is 5.38. The first kappa shape index (κ1) is 17.0. The van der Waals surface area contributed by atoms with Crippen LogP contribution in [0.1, 0.15) is 5.56 Å². The first-order chi connectivity index (χ1) is 11.2. The SMILES string of the molecule is COc1ccccc1CCNc1nncc(NCCN(C)C)n1. The molecule has 23 heavy (non-hydrogen) atoms. The van der Waals surface area contributed by atoms with Crippen LogP contribution in [0.3, 0.4) is 0 Å². The molecule has 0 spiro atoms. The number of likely N-dealkylation sites (N-methyl/N-ethyl adjacent to an activating group) is 1. The number of hydrogen-bond acceptors (Lipinski definition) is 7. The van der Waals surface area contributed by atoms with Crippen LogP contribution in [0, 0.1) is 0 Å². The molecule has 0 radical (unpaired) electrons. The van der Waals surface area contributed by atoms with Gasteiger partial charge in [0.15, 0.2) is 5.82 Å². The topological polar surface area (TPSA) is 75.2 Å². The van der Waals surface area contributed by atoms with Crippen molar-refractivity contribution >= 4 is 11.8 Å².